The average Bonchev–Trinajstić information content (AvgIpc) is 2.72. The van der Waals surface area contributed by atoms with Crippen LogP contribution in [-0.2, 0) is 20.6 Å². The molecule has 3 aromatic carbocycles. The Hall–Kier alpha value is -2.26. The molecule has 162 valence electrons. The Labute approximate surface area is 194 Å². The van der Waals surface area contributed by atoms with Gasteiger partial charge in [-0.25, -0.2) is 12.8 Å². The molecule has 0 heterocycles. The van der Waals surface area contributed by atoms with Gasteiger partial charge in [0.25, 0.3) is 10.0 Å². The normalized spacial score (nSPS) is 11.2. The average molecular weight is 499 g/mol. The van der Waals surface area contributed by atoms with E-state index in [0.29, 0.717) is 16.3 Å². The van der Waals surface area contributed by atoms with E-state index in [-0.39, 0.29) is 33.0 Å². The third-order valence-corrected chi connectivity index (χ3v) is 7.13. The Balaban J connectivity index is 1.56. The van der Waals surface area contributed by atoms with Crippen LogP contribution < -0.4 is 10.0 Å². The maximum atomic E-state index is 13.8. The highest BCUT2D eigenvalue weighted by Gasteiger charge is 2.16. The summed E-state index contributed by atoms with van der Waals surface area (Å²) in [6.45, 7) is 0. The molecule has 3 rings (SSSR count). The molecule has 3 aromatic rings. The van der Waals surface area contributed by atoms with Crippen LogP contribution in [-0.4, -0.2) is 20.1 Å². The molecule has 0 aliphatic rings. The van der Waals surface area contributed by atoms with E-state index in [9.17, 15) is 17.6 Å². The van der Waals surface area contributed by atoms with Crippen molar-refractivity contribution in [2.45, 2.75) is 10.6 Å². The fourth-order valence-corrected chi connectivity index (χ4v) is 5.06. The minimum atomic E-state index is -3.83. The molecule has 0 radical (unpaired) electrons. The number of sulfonamides is 1. The lowest BCUT2D eigenvalue weighted by Crippen LogP contribution is -2.15. The zero-order chi connectivity index (χ0) is 22.4. The molecular weight excluding hydrogens is 482 g/mol. The summed E-state index contributed by atoms with van der Waals surface area (Å²) in [5.74, 6) is -0.382. The van der Waals surface area contributed by atoms with Crippen molar-refractivity contribution in [1.29, 1.82) is 0 Å². The smallest absolute Gasteiger partial charge is 0.261 e. The summed E-state index contributed by atoms with van der Waals surface area (Å²) in [5, 5.41) is 3.27. The fraction of sp³-hybridized carbons (Fsp3) is 0.0952. The predicted octanol–water partition coefficient (Wildman–Crippen LogP) is 5.81. The Kier molecular flexibility index (Phi) is 7.83. The van der Waals surface area contributed by atoms with E-state index < -0.39 is 15.8 Å². The van der Waals surface area contributed by atoms with E-state index >= 15 is 0 Å². The minimum Gasteiger partial charge on any atom is -0.325 e. The number of amides is 1. The highest BCUT2D eigenvalue weighted by molar-refractivity contribution is 7.99. The summed E-state index contributed by atoms with van der Waals surface area (Å²) in [4.78, 5) is 12.2. The van der Waals surface area contributed by atoms with Crippen LogP contribution in [0.2, 0.25) is 10.0 Å². The van der Waals surface area contributed by atoms with Crippen LogP contribution in [0.3, 0.4) is 0 Å². The van der Waals surface area contributed by atoms with Gasteiger partial charge in [-0.1, -0.05) is 41.4 Å². The molecule has 5 nitrogen and oxygen atoms in total. The Morgan fingerprint density at radius 1 is 0.935 bits per heavy atom. The van der Waals surface area contributed by atoms with Gasteiger partial charge in [-0.15, -0.1) is 11.8 Å². The van der Waals surface area contributed by atoms with Gasteiger partial charge < -0.3 is 5.32 Å². The molecule has 0 bridgehead atoms. The summed E-state index contributed by atoms with van der Waals surface area (Å²) in [7, 11) is -3.83. The Morgan fingerprint density at radius 2 is 1.61 bits per heavy atom. The van der Waals surface area contributed by atoms with Crippen LogP contribution in [0, 0.1) is 5.82 Å². The number of benzene rings is 3. The Morgan fingerprint density at radius 3 is 2.29 bits per heavy atom. The number of carbonyl (C=O) groups excluding carboxylic acids is 1. The molecule has 0 saturated heterocycles. The summed E-state index contributed by atoms with van der Waals surface area (Å²) in [6.07, 6.45) is 0. The first-order valence-corrected chi connectivity index (χ1v) is 12.3. The van der Waals surface area contributed by atoms with Crippen LogP contribution in [0.25, 0.3) is 0 Å². The topological polar surface area (TPSA) is 75.3 Å². The number of anilines is 2. The second kappa shape index (κ2) is 10.4. The van der Waals surface area contributed by atoms with Crippen molar-refractivity contribution < 1.29 is 17.6 Å². The van der Waals surface area contributed by atoms with Crippen molar-refractivity contribution in [3.8, 4) is 0 Å². The van der Waals surface area contributed by atoms with Crippen LogP contribution >= 0.6 is 35.0 Å². The third-order valence-electron chi connectivity index (χ3n) is 4.11. The molecule has 0 spiro atoms. The SMILES string of the molecule is O=C(CSCc1c(F)cccc1Cl)Nc1ccc(S(=O)(=O)Nc2ccccc2Cl)cc1. The molecule has 0 aliphatic carbocycles. The largest absolute Gasteiger partial charge is 0.325 e. The molecule has 2 N–H and O–H groups in total. The zero-order valence-electron chi connectivity index (χ0n) is 15.9. The molecule has 0 saturated carbocycles. The van der Waals surface area contributed by atoms with Crippen molar-refractivity contribution >= 4 is 62.3 Å². The summed E-state index contributed by atoms with van der Waals surface area (Å²) < 4.78 is 41.2. The van der Waals surface area contributed by atoms with Gasteiger partial charge in [0.05, 0.1) is 21.4 Å². The minimum absolute atomic E-state index is 0.0222. The van der Waals surface area contributed by atoms with Crippen molar-refractivity contribution in [3.05, 3.63) is 88.2 Å². The van der Waals surface area contributed by atoms with E-state index in [2.05, 4.69) is 10.0 Å². The molecule has 0 atom stereocenters. The first kappa shape index (κ1) is 23.4. The third kappa shape index (κ3) is 6.36. The molecule has 0 fully saturated rings. The lowest BCUT2D eigenvalue weighted by Gasteiger charge is -2.10. The Bertz CT molecular complexity index is 1170. The molecule has 31 heavy (non-hydrogen) atoms. The van der Waals surface area contributed by atoms with Crippen LogP contribution in [0.15, 0.2) is 71.6 Å². The fourth-order valence-electron chi connectivity index (χ4n) is 2.58. The van der Waals surface area contributed by atoms with Gasteiger partial charge in [-0.2, -0.15) is 0 Å². The maximum absolute atomic E-state index is 13.8. The first-order chi connectivity index (χ1) is 14.8. The number of halogens is 3. The van der Waals surface area contributed by atoms with Crippen molar-refractivity contribution in [2.24, 2.45) is 0 Å². The number of para-hydroxylation sites is 1. The second-order valence-corrected chi connectivity index (χ2v) is 9.83. The molecule has 10 heteroatoms. The van der Waals surface area contributed by atoms with Crippen LogP contribution in [0.1, 0.15) is 5.56 Å². The number of hydrogen-bond donors (Lipinski definition) is 2. The van der Waals surface area contributed by atoms with Gasteiger partial charge >= 0.3 is 0 Å². The summed E-state index contributed by atoms with van der Waals surface area (Å²) >= 11 is 13.2. The monoisotopic (exact) mass is 498 g/mol. The number of thioether (sulfide) groups is 1. The molecule has 1 amide bonds. The lowest BCUT2D eigenvalue weighted by molar-refractivity contribution is -0.113. The van der Waals surface area contributed by atoms with Gasteiger partial charge in [0.1, 0.15) is 5.82 Å². The lowest BCUT2D eigenvalue weighted by atomic mass is 10.2. The van der Waals surface area contributed by atoms with Crippen molar-refractivity contribution in [2.75, 3.05) is 15.8 Å². The van der Waals surface area contributed by atoms with E-state index in [1.807, 2.05) is 0 Å². The van der Waals surface area contributed by atoms with E-state index in [4.69, 9.17) is 23.2 Å². The van der Waals surface area contributed by atoms with Gasteiger partial charge in [-0.05, 0) is 48.5 Å². The number of rotatable bonds is 8. The van der Waals surface area contributed by atoms with Gasteiger partial charge in [-0.3, -0.25) is 9.52 Å². The number of nitrogens with one attached hydrogen (secondary N) is 2. The highest BCUT2D eigenvalue weighted by Crippen LogP contribution is 2.25. The predicted molar refractivity (Wildman–Crippen MR) is 125 cm³/mol. The molecule has 0 aliphatic heterocycles. The van der Waals surface area contributed by atoms with E-state index in [1.54, 1.807) is 30.3 Å². The van der Waals surface area contributed by atoms with Crippen molar-refractivity contribution in [3.63, 3.8) is 0 Å². The molecule has 0 unspecified atom stereocenters. The van der Waals surface area contributed by atoms with E-state index in [1.165, 1.54) is 48.2 Å². The quantitative estimate of drug-likeness (QED) is 0.411. The van der Waals surface area contributed by atoms with Gasteiger partial charge in [0, 0.05) is 22.0 Å². The highest BCUT2D eigenvalue weighted by atomic mass is 35.5. The van der Waals surface area contributed by atoms with Crippen molar-refractivity contribution in [1.82, 2.24) is 0 Å². The second-order valence-electron chi connectivity index (χ2n) is 6.35. The van der Waals surface area contributed by atoms with Crippen LogP contribution in [0.5, 0.6) is 0 Å². The summed E-state index contributed by atoms with van der Waals surface area (Å²) in [6, 6.07) is 16.6. The standard InChI is InChI=1S/C21H17Cl2FN2O3S2/c22-17-5-3-6-19(24)16(17)12-30-13-21(27)25-14-8-10-15(11-9-14)31(28,29)26-20-7-2-1-4-18(20)23/h1-11,26H,12-13H2,(H,25,27). The van der Waals surface area contributed by atoms with Crippen LogP contribution in [0.4, 0.5) is 15.8 Å². The van der Waals surface area contributed by atoms with E-state index in [0.717, 1.165) is 0 Å². The zero-order valence-corrected chi connectivity index (χ0v) is 19.1. The molecular formula is C21H17Cl2FN2O3S2. The molecule has 0 aromatic heterocycles. The maximum Gasteiger partial charge on any atom is 0.261 e. The van der Waals surface area contributed by atoms with Gasteiger partial charge in [0.2, 0.25) is 5.91 Å². The number of carbonyl (C=O) groups is 1. The van der Waals surface area contributed by atoms with Gasteiger partial charge in [0.15, 0.2) is 0 Å². The first-order valence-electron chi connectivity index (χ1n) is 8.94. The summed E-state index contributed by atoms with van der Waals surface area (Å²) in [5.41, 5.74) is 1.06. The number of hydrogen-bond acceptors (Lipinski definition) is 4.